The Morgan fingerprint density at radius 1 is 1.20 bits per heavy atom. The molecule has 2 aromatic rings. The Morgan fingerprint density at radius 2 is 2.00 bits per heavy atom. The van der Waals surface area contributed by atoms with E-state index < -0.39 is 0 Å². The Kier molecular flexibility index (Phi) is 6.07. The third-order valence-corrected chi connectivity index (χ3v) is 4.81. The fourth-order valence-corrected chi connectivity index (χ4v) is 3.37. The van der Waals surface area contributed by atoms with Gasteiger partial charge in [-0.2, -0.15) is 0 Å². The first-order chi connectivity index (χ1) is 12.3. The van der Waals surface area contributed by atoms with E-state index in [1.54, 1.807) is 7.11 Å². The van der Waals surface area contributed by atoms with Crippen LogP contribution in [0.15, 0.2) is 48.5 Å². The molecule has 0 saturated carbocycles. The van der Waals surface area contributed by atoms with Crippen LogP contribution in [-0.2, 0) is 6.42 Å². The first kappa shape index (κ1) is 17.5. The number of para-hydroxylation sites is 1. The molecular formula is C21H26N2O2. The van der Waals surface area contributed by atoms with Crippen LogP contribution in [-0.4, -0.2) is 32.7 Å². The van der Waals surface area contributed by atoms with Gasteiger partial charge in [0.15, 0.2) is 0 Å². The number of carbonyl (C=O) groups excluding carboxylic acids is 1. The van der Waals surface area contributed by atoms with Gasteiger partial charge in [0.2, 0.25) is 0 Å². The van der Waals surface area contributed by atoms with E-state index in [0.717, 1.165) is 30.8 Å². The summed E-state index contributed by atoms with van der Waals surface area (Å²) in [7, 11) is 1.67. The molecule has 0 aliphatic carbocycles. The van der Waals surface area contributed by atoms with Crippen molar-refractivity contribution in [2.75, 3.05) is 26.7 Å². The lowest BCUT2D eigenvalue weighted by Gasteiger charge is -2.23. The molecule has 1 saturated heterocycles. The SMILES string of the molecule is COc1ccccc1CCNC(=O)c1ccc(C2CCCNC2)cc1. The third kappa shape index (κ3) is 4.60. The van der Waals surface area contributed by atoms with Crippen LogP contribution in [0.25, 0.3) is 0 Å². The average molecular weight is 338 g/mol. The van der Waals surface area contributed by atoms with Gasteiger partial charge >= 0.3 is 0 Å². The van der Waals surface area contributed by atoms with E-state index in [-0.39, 0.29) is 5.91 Å². The summed E-state index contributed by atoms with van der Waals surface area (Å²) in [5, 5.41) is 6.42. The van der Waals surface area contributed by atoms with Crippen LogP contribution < -0.4 is 15.4 Å². The Bertz CT molecular complexity index is 691. The molecule has 1 heterocycles. The van der Waals surface area contributed by atoms with Gasteiger partial charge in [-0.1, -0.05) is 30.3 Å². The van der Waals surface area contributed by atoms with E-state index in [1.165, 1.54) is 18.4 Å². The highest BCUT2D eigenvalue weighted by atomic mass is 16.5. The van der Waals surface area contributed by atoms with Crippen LogP contribution in [0.3, 0.4) is 0 Å². The quantitative estimate of drug-likeness (QED) is 0.851. The predicted molar refractivity (Wildman–Crippen MR) is 100 cm³/mol. The van der Waals surface area contributed by atoms with E-state index in [0.29, 0.717) is 18.0 Å². The van der Waals surface area contributed by atoms with Gasteiger partial charge in [0.05, 0.1) is 7.11 Å². The molecule has 0 spiro atoms. The number of nitrogens with one attached hydrogen (secondary N) is 2. The summed E-state index contributed by atoms with van der Waals surface area (Å²) in [5.74, 6) is 1.40. The van der Waals surface area contributed by atoms with Gasteiger partial charge in [-0.3, -0.25) is 4.79 Å². The highest BCUT2D eigenvalue weighted by molar-refractivity contribution is 5.94. The average Bonchev–Trinajstić information content (AvgIpc) is 2.69. The molecule has 0 radical (unpaired) electrons. The van der Waals surface area contributed by atoms with Gasteiger partial charge in [-0.25, -0.2) is 0 Å². The van der Waals surface area contributed by atoms with Crippen molar-refractivity contribution in [1.82, 2.24) is 10.6 Å². The molecule has 1 amide bonds. The van der Waals surface area contributed by atoms with Gasteiger partial charge in [0.25, 0.3) is 5.91 Å². The van der Waals surface area contributed by atoms with E-state index in [9.17, 15) is 4.79 Å². The van der Waals surface area contributed by atoms with E-state index in [2.05, 4.69) is 22.8 Å². The third-order valence-electron chi connectivity index (χ3n) is 4.81. The smallest absolute Gasteiger partial charge is 0.251 e. The highest BCUT2D eigenvalue weighted by Crippen LogP contribution is 2.23. The number of methoxy groups -OCH3 is 1. The molecule has 4 nitrogen and oxygen atoms in total. The van der Waals surface area contributed by atoms with Gasteiger partial charge in [0.1, 0.15) is 5.75 Å². The standard InChI is InChI=1S/C21H26N2O2/c1-25-20-7-3-2-5-17(20)12-14-23-21(24)18-10-8-16(9-11-18)19-6-4-13-22-15-19/h2-3,5,7-11,19,22H,4,6,12-15H2,1H3,(H,23,24). The van der Waals surface area contributed by atoms with Crippen molar-refractivity contribution in [2.24, 2.45) is 0 Å². The summed E-state index contributed by atoms with van der Waals surface area (Å²) in [6.45, 7) is 2.74. The van der Waals surface area contributed by atoms with Crippen LogP contribution in [0, 0.1) is 0 Å². The number of hydrogen-bond donors (Lipinski definition) is 2. The van der Waals surface area contributed by atoms with Gasteiger partial charge in [-0.05, 0) is 61.1 Å². The molecule has 2 aromatic carbocycles. The number of piperidine rings is 1. The van der Waals surface area contributed by atoms with Gasteiger partial charge < -0.3 is 15.4 Å². The number of ether oxygens (including phenoxy) is 1. The topological polar surface area (TPSA) is 50.4 Å². The maximum atomic E-state index is 12.3. The molecule has 3 rings (SSSR count). The fraction of sp³-hybridized carbons (Fsp3) is 0.381. The number of hydrogen-bond acceptors (Lipinski definition) is 3. The van der Waals surface area contributed by atoms with Crippen molar-refractivity contribution >= 4 is 5.91 Å². The lowest BCUT2D eigenvalue weighted by atomic mass is 9.91. The normalized spacial score (nSPS) is 17.1. The minimum atomic E-state index is -0.0248. The molecular weight excluding hydrogens is 312 g/mol. The van der Waals surface area contributed by atoms with Crippen LogP contribution in [0.4, 0.5) is 0 Å². The van der Waals surface area contributed by atoms with Crippen molar-refractivity contribution < 1.29 is 9.53 Å². The summed E-state index contributed by atoms with van der Waals surface area (Å²) in [6, 6.07) is 15.9. The number of amides is 1. The van der Waals surface area contributed by atoms with Crippen molar-refractivity contribution in [1.29, 1.82) is 0 Å². The van der Waals surface area contributed by atoms with E-state index >= 15 is 0 Å². The molecule has 1 atom stereocenters. The largest absolute Gasteiger partial charge is 0.496 e. The first-order valence-electron chi connectivity index (χ1n) is 8.98. The maximum Gasteiger partial charge on any atom is 0.251 e. The highest BCUT2D eigenvalue weighted by Gasteiger charge is 2.15. The molecule has 25 heavy (non-hydrogen) atoms. The summed E-state index contributed by atoms with van der Waals surface area (Å²) in [6.07, 6.45) is 3.19. The number of benzene rings is 2. The molecule has 4 heteroatoms. The molecule has 132 valence electrons. The van der Waals surface area contributed by atoms with Crippen LogP contribution in [0.5, 0.6) is 5.75 Å². The summed E-state index contributed by atoms with van der Waals surface area (Å²) in [4.78, 5) is 12.3. The zero-order valence-corrected chi connectivity index (χ0v) is 14.8. The summed E-state index contributed by atoms with van der Waals surface area (Å²) < 4.78 is 5.34. The van der Waals surface area contributed by atoms with Crippen LogP contribution in [0.1, 0.15) is 40.2 Å². The van der Waals surface area contributed by atoms with E-state index in [4.69, 9.17) is 4.74 Å². The second kappa shape index (κ2) is 8.67. The first-order valence-corrected chi connectivity index (χ1v) is 8.98. The number of carbonyl (C=O) groups is 1. The minimum Gasteiger partial charge on any atom is -0.496 e. The lowest BCUT2D eigenvalue weighted by molar-refractivity contribution is 0.0954. The second-order valence-corrected chi connectivity index (χ2v) is 6.48. The Balaban J connectivity index is 1.52. The van der Waals surface area contributed by atoms with Crippen LogP contribution >= 0.6 is 0 Å². The fourth-order valence-electron chi connectivity index (χ4n) is 3.37. The second-order valence-electron chi connectivity index (χ2n) is 6.48. The predicted octanol–water partition coefficient (Wildman–Crippen LogP) is 3.13. The lowest BCUT2D eigenvalue weighted by Crippen LogP contribution is -2.28. The Hall–Kier alpha value is -2.33. The number of rotatable bonds is 6. The monoisotopic (exact) mass is 338 g/mol. The van der Waals surface area contributed by atoms with Gasteiger partial charge in [-0.15, -0.1) is 0 Å². The zero-order valence-electron chi connectivity index (χ0n) is 14.8. The maximum absolute atomic E-state index is 12.3. The van der Waals surface area contributed by atoms with Crippen molar-refractivity contribution in [3.05, 3.63) is 65.2 Å². The van der Waals surface area contributed by atoms with Crippen molar-refractivity contribution in [3.63, 3.8) is 0 Å². The molecule has 1 fully saturated rings. The zero-order chi connectivity index (χ0) is 17.5. The minimum absolute atomic E-state index is 0.0248. The molecule has 1 aliphatic rings. The summed E-state index contributed by atoms with van der Waals surface area (Å²) >= 11 is 0. The van der Waals surface area contributed by atoms with Gasteiger partial charge in [0, 0.05) is 18.7 Å². The molecule has 2 N–H and O–H groups in total. The Morgan fingerprint density at radius 3 is 2.72 bits per heavy atom. The van der Waals surface area contributed by atoms with Crippen LogP contribution in [0.2, 0.25) is 0 Å². The molecule has 0 aromatic heterocycles. The van der Waals surface area contributed by atoms with Crippen molar-refractivity contribution in [2.45, 2.75) is 25.2 Å². The summed E-state index contributed by atoms with van der Waals surface area (Å²) in [5.41, 5.74) is 3.13. The van der Waals surface area contributed by atoms with Crippen molar-refractivity contribution in [3.8, 4) is 5.75 Å². The molecule has 1 unspecified atom stereocenters. The molecule has 0 bridgehead atoms. The molecule has 1 aliphatic heterocycles. The van der Waals surface area contributed by atoms with E-state index in [1.807, 2.05) is 36.4 Å². The Labute approximate surface area is 149 Å².